The summed E-state index contributed by atoms with van der Waals surface area (Å²) >= 11 is 1.59. The van der Waals surface area contributed by atoms with Gasteiger partial charge in [-0.2, -0.15) is 0 Å². The summed E-state index contributed by atoms with van der Waals surface area (Å²) in [5.41, 5.74) is 6.53. The van der Waals surface area contributed by atoms with E-state index in [4.69, 9.17) is 9.26 Å². The van der Waals surface area contributed by atoms with Crippen molar-refractivity contribution in [3.63, 3.8) is 0 Å². The fourth-order valence-corrected chi connectivity index (χ4v) is 8.89. The van der Waals surface area contributed by atoms with E-state index in [1.807, 2.05) is 68.7 Å². The standard InChI is InChI=1S/C43H48N8O6S/c1-25(2)43(5,41(55)51-21-30(52)18-33(51)40(54)44-20-27-10-12-28(13-11-27)38-26(3)45-24-58-38)36-19-37(49-57-36)56-15-14-50-22-42(4,23-50)35-17-29-16-32(47-48-39(29)46-35)31-8-6-7-9-34(31)53/h6-13,16-17,19,24-25,30,33,52-53H,14-15,18,20-23H2,1-5H3,(H,44,54)(H,46,48)/t30-,33+,43+/m1/s1. The van der Waals surface area contributed by atoms with E-state index in [1.54, 1.807) is 36.5 Å². The largest absolute Gasteiger partial charge is 0.507 e. The number of carbonyl (C=O) groups is 2. The third-order valence-electron chi connectivity index (χ3n) is 11.9. The zero-order chi connectivity index (χ0) is 40.8. The highest BCUT2D eigenvalue weighted by molar-refractivity contribution is 7.13. The maximum atomic E-state index is 14.4. The first-order chi connectivity index (χ1) is 27.8. The summed E-state index contributed by atoms with van der Waals surface area (Å²) in [6.45, 7) is 12.8. The van der Waals surface area contributed by atoms with Crippen LogP contribution in [0.3, 0.4) is 0 Å². The van der Waals surface area contributed by atoms with Gasteiger partial charge in [0.1, 0.15) is 23.8 Å². The fourth-order valence-electron chi connectivity index (χ4n) is 8.08. The van der Waals surface area contributed by atoms with E-state index < -0.39 is 17.6 Å². The van der Waals surface area contributed by atoms with Gasteiger partial charge in [0.15, 0.2) is 11.4 Å². The van der Waals surface area contributed by atoms with Gasteiger partial charge < -0.3 is 34.7 Å². The number of benzene rings is 2. The highest BCUT2D eigenvalue weighted by Gasteiger charge is 2.50. The van der Waals surface area contributed by atoms with Gasteiger partial charge in [-0.1, -0.05) is 57.2 Å². The Hall–Kier alpha value is -5.64. The molecule has 4 N–H and O–H groups in total. The Labute approximate surface area is 340 Å². The second-order valence-corrected chi connectivity index (χ2v) is 17.1. The van der Waals surface area contributed by atoms with E-state index in [1.165, 1.54) is 4.90 Å². The molecule has 0 saturated carbocycles. The van der Waals surface area contributed by atoms with Gasteiger partial charge >= 0.3 is 0 Å². The van der Waals surface area contributed by atoms with Crippen LogP contribution in [0, 0.1) is 12.8 Å². The van der Waals surface area contributed by atoms with E-state index in [2.05, 4.69) is 48.5 Å². The molecule has 4 aromatic heterocycles. The SMILES string of the molecule is Cc1ncsc1-c1ccc(CNC(=O)[C@@H]2C[C@@H](O)CN2C(=O)[C@](C)(c2cc(OCCN3CC(C)(c4cc5cc(-c6ccccc6O)nnc5[nH]4)C3)no2)C(C)C)cc1. The Kier molecular flexibility index (Phi) is 10.5. The molecule has 0 unspecified atom stereocenters. The van der Waals surface area contributed by atoms with E-state index in [-0.39, 0.29) is 54.3 Å². The number of ether oxygens (including phenoxy) is 1. The molecule has 3 atom stereocenters. The normalized spacial score (nSPS) is 19.0. The van der Waals surface area contributed by atoms with Crippen molar-refractivity contribution in [2.24, 2.45) is 5.92 Å². The number of H-pyrrole nitrogens is 1. The number of aliphatic hydroxyl groups excluding tert-OH is 1. The van der Waals surface area contributed by atoms with Crippen molar-refractivity contribution in [2.75, 3.05) is 32.8 Å². The zero-order valence-electron chi connectivity index (χ0n) is 33.2. The summed E-state index contributed by atoms with van der Waals surface area (Å²) in [6.07, 6.45) is -0.687. The average molecular weight is 805 g/mol. The van der Waals surface area contributed by atoms with Crippen molar-refractivity contribution < 1.29 is 29.1 Å². The van der Waals surface area contributed by atoms with Gasteiger partial charge in [0, 0.05) is 67.3 Å². The second-order valence-electron chi connectivity index (χ2n) is 16.3. The molecule has 2 aliphatic rings. The number of phenols is 1. The molecule has 58 heavy (non-hydrogen) atoms. The molecule has 15 heteroatoms. The number of phenolic OH excluding ortho intramolecular Hbond substituents is 1. The van der Waals surface area contributed by atoms with Gasteiger partial charge in [-0.05, 0) is 60.3 Å². The number of aromatic nitrogens is 5. The molecular weight excluding hydrogens is 757 g/mol. The van der Waals surface area contributed by atoms with Crippen molar-refractivity contribution >= 4 is 34.2 Å². The number of carbonyl (C=O) groups excluding carboxylic acids is 2. The first-order valence-corrected chi connectivity index (χ1v) is 20.4. The van der Waals surface area contributed by atoms with Crippen LogP contribution in [0.1, 0.15) is 56.8 Å². The molecule has 0 bridgehead atoms. The van der Waals surface area contributed by atoms with Gasteiger partial charge in [0.2, 0.25) is 11.8 Å². The summed E-state index contributed by atoms with van der Waals surface area (Å²) in [5, 5.41) is 37.7. The first kappa shape index (κ1) is 39.2. The molecule has 302 valence electrons. The number of aromatic amines is 1. The number of likely N-dealkylation sites (tertiary alicyclic amines) is 2. The lowest BCUT2D eigenvalue weighted by Gasteiger charge is -2.47. The third-order valence-corrected chi connectivity index (χ3v) is 12.9. The highest BCUT2D eigenvalue weighted by Crippen LogP contribution is 2.39. The van der Waals surface area contributed by atoms with Gasteiger partial charge in [-0.15, -0.1) is 21.5 Å². The predicted molar refractivity (Wildman–Crippen MR) is 219 cm³/mol. The Bertz CT molecular complexity index is 2440. The zero-order valence-corrected chi connectivity index (χ0v) is 34.0. The van der Waals surface area contributed by atoms with Crippen LogP contribution in [0.5, 0.6) is 11.6 Å². The van der Waals surface area contributed by atoms with Gasteiger partial charge in [-0.3, -0.25) is 14.5 Å². The maximum Gasteiger partial charge on any atom is 0.254 e. The molecule has 0 aliphatic carbocycles. The van der Waals surface area contributed by atoms with Crippen LogP contribution in [0.2, 0.25) is 0 Å². The molecule has 0 spiro atoms. The van der Waals surface area contributed by atoms with Crippen molar-refractivity contribution in [3.05, 3.63) is 95.0 Å². The minimum atomic E-state index is -1.17. The van der Waals surface area contributed by atoms with Gasteiger partial charge in [0.25, 0.3) is 5.88 Å². The maximum absolute atomic E-state index is 14.4. The van der Waals surface area contributed by atoms with Crippen LogP contribution in [0.4, 0.5) is 0 Å². The molecule has 2 aliphatic heterocycles. The number of hydrogen-bond donors (Lipinski definition) is 4. The number of nitrogens with zero attached hydrogens (tertiary/aromatic N) is 6. The van der Waals surface area contributed by atoms with E-state index in [0.29, 0.717) is 35.8 Å². The first-order valence-electron chi connectivity index (χ1n) is 19.6. The van der Waals surface area contributed by atoms with E-state index in [9.17, 15) is 19.8 Å². The number of amides is 2. The highest BCUT2D eigenvalue weighted by atomic mass is 32.1. The summed E-state index contributed by atoms with van der Waals surface area (Å²) in [7, 11) is 0. The number of aliphatic hydroxyl groups is 1. The Morgan fingerprint density at radius 3 is 2.62 bits per heavy atom. The summed E-state index contributed by atoms with van der Waals surface area (Å²) in [4.78, 5) is 40.6. The van der Waals surface area contributed by atoms with E-state index in [0.717, 1.165) is 45.9 Å². The van der Waals surface area contributed by atoms with Gasteiger partial charge in [0.05, 0.1) is 27.9 Å². The van der Waals surface area contributed by atoms with Crippen molar-refractivity contribution in [1.82, 2.24) is 40.4 Å². The monoisotopic (exact) mass is 804 g/mol. The van der Waals surface area contributed by atoms with Gasteiger partial charge in [-0.25, -0.2) is 4.98 Å². The Morgan fingerprint density at radius 1 is 1.12 bits per heavy atom. The number of thiazole rings is 1. The summed E-state index contributed by atoms with van der Waals surface area (Å²) in [5.74, 6) is -0.0884. The van der Waals surface area contributed by atoms with Crippen molar-refractivity contribution in [1.29, 1.82) is 0 Å². The average Bonchev–Trinajstić information content (AvgIpc) is 4.03. The van der Waals surface area contributed by atoms with Crippen LogP contribution in [0.25, 0.3) is 32.7 Å². The number of β-amino-alcohol motifs (C(OH)–C–C–N with tert-alkyl or cyclic N) is 1. The number of nitrogens with one attached hydrogen (secondary N) is 2. The second kappa shape index (κ2) is 15.6. The van der Waals surface area contributed by atoms with Crippen LogP contribution >= 0.6 is 11.3 Å². The number of aryl methyl sites for hydroxylation is 1. The lowest BCUT2D eigenvalue weighted by Crippen LogP contribution is -2.58. The number of hydrogen-bond acceptors (Lipinski definition) is 12. The fraction of sp³-hybridized carbons (Fsp3) is 0.395. The molecule has 2 aromatic carbocycles. The molecular formula is C43H48N8O6S. The number of para-hydroxylation sites is 1. The Balaban J connectivity index is 0.858. The molecule has 6 aromatic rings. The third kappa shape index (κ3) is 7.45. The van der Waals surface area contributed by atoms with Crippen LogP contribution in [-0.4, -0.2) is 102 Å². The minimum Gasteiger partial charge on any atom is -0.507 e. The van der Waals surface area contributed by atoms with Crippen LogP contribution < -0.4 is 10.1 Å². The molecule has 2 fully saturated rings. The lowest BCUT2D eigenvalue weighted by molar-refractivity contribution is -0.145. The predicted octanol–water partition coefficient (Wildman–Crippen LogP) is 5.59. The van der Waals surface area contributed by atoms with Crippen LogP contribution in [-0.2, 0) is 27.0 Å². The summed E-state index contributed by atoms with van der Waals surface area (Å²) < 4.78 is 11.8. The lowest BCUT2D eigenvalue weighted by atomic mass is 9.75. The van der Waals surface area contributed by atoms with E-state index >= 15 is 0 Å². The molecule has 8 rings (SSSR count). The van der Waals surface area contributed by atoms with Crippen LogP contribution in [0.15, 0.2) is 76.8 Å². The molecule has 6 heterocycles. The van der Waals surface area contributed by atoms with Crippen molar-refractivity contribution in [3.8, 4) is 33.3 Å². The molecule has 14 nitrogen and oxygen atoms in total. The molecule has 2 saturated heterocycles. The number of aromatic hydroxyl groups is 1. The topological polar surface area (TPSA) is 183 Å². The minimum absolute atomic E-state index is 0.0412. The van der Waals surface area contributed by atoms with Crippen molar-refractivity contribution in [2.45, 2.75) is 70.6 Å². The quantitative estimate of drug-likeness (QED) is 0.114. The number of fused-ring (bicyclic) bond motifs is 1. The molecule has 2 amide bonds. The Morgan fingerprint density at radius 2 is 1.90 bits per heavy atom. The number of rotatable bonds is 13. The molecule has 0 radical (unpaired) electrons. The smallest absolute Gasteiger partial charge is 0.254 e. The summed E-state index contributed by atoms with van der Waals surface area (Å²) in [6, 6.07) is 19.9.